The number of hydrogen-bond donors (Lipinski definition) is 13. The smallest absolute Gasteiger partial charge is 0.411 e. The summed E-state index contributed by atoms with van der Waals surface area (Å²) < 4.78 is 71.9. The summed E-state index contributed by atoms with van der Waals surface area (Å²) in [6.45, 7) is 37.6. The third-order valence-electron chi connectivity index (χ3n) is 14.8. The highest BCUT2D eigenvalue weighted by atomic mass is 16.6. The standard InChI is InChI=1S/3C19H23N3O7.C16H24N2O7.C14H20N2O7/c1-4-16(23)20-8-9-28-19(26)22-15-12-14(7-6-13(15)3)21-18(25)29-11-10-27-17(24)5-2;1-4-16(23)20-8-9-28-18(25)21-14-7-6-13(3)15(12-14)22-19(26)29-11-10-27-17(24)5-2;1-4-16(23)20-9-10-28-18(25)21-14-7-6-8-15(13(14)3)22-19(26)29-12-11-27-17(24)5-2;1-3-13(19)8-7-11-25-16(22)18-12-17-15(21)24-10-6-5-9-23-14(20)4-2;1-3-11(17)6-5-7-22-13(19)15-10-16-14(20)23-9-8-21-12(18)4-2/h2*4-7,12H,1-2,8-11H2,3H3,(H,20,23)(H,21,25)(H,22,26);4-8H,1-2,9-12H2,3H3,(H,20,23)(H,21,25)(H,22,26);3-4H,1-2,5-12H2,(H,17,21)(H,18,22);3-4H,1-2,5-10H2,(H,15,19)(H,16,20). The molecule has 3 aromatic rings. The van der Waals surface area contributed by atoms with Crippen LogP contribution in [0, 0.1) is 20.8 Å². The SMILES string of the molecule is C=CC(=O)CCCOC(=O)NCNC(=O)OCCCCOC(=O)C=C.C=CC(=O)CCCOC(=O)NCNC(=O)OCCOC(=O)C=C.C=CC(=O)NCCOC(=O)Nc1cc(NC(=O)OCCOC(=O)C=C)ccc1C.C=CC(=O)NCCOC(=O)Nc1ccc(C)c(NC(=O)OCCOC(=O)C=C)c1.C=CC(=O)NCCOC(=O)Nc1cccc(NC(=O)OCCOC(=O)C=C)c1C. The fourth-order valence-corrected chi connectivity index (χ4v) is 8.19. The fourth-order valence-electron chi connectivity index (χ4n) is 8.19. The highest BCUT2D eigenvalue weighted by molar-refractivity contribution is 5.95. The molecule has 0 heterocycles. The van der Waals surface area contributed by atoms with E-state index in [1.165, 1.54) is 24.3 Å². The van der Waals surface area contributed by atoms with Gasteiger partial charge in [-0.2, -0.15) is 0 Å². The molecule has 0 aliphatic heterocycles. The van der Waals surface area contributed by atoms with Gasteiger partial charge in [-0.25, -0.2) is 71.9 Å². The van der Waals surface area contributed by atoms with Crippen LogP contribution in [0.1, 0.15) is 55.2 Å². The Morgan fingerprint density at radius 1 is 0.244 bits per heavy atom. The van der Waals surface area contributed by atoms with E-state index < -0.39 is 90.8 Å². The first-order valence-corrected chi connectivity index (χ1v) is 40.1. The van der Waals surface area contributed by atoms with Crippen LogP contribution in [-0.4, -0.2) is 252 Å². The van der Waals surface area contributed by atoms with Gasteiger partial charge >= 0.3 is 90.8 Å². The van der Waals surface area contributed by atoms with Gasteiger partial charge in [-0.05, 0) is 130 Å². The van der Waals surface area contributed by atoms with E-state index in [0.717, 1.165) is 59.7 Å². The van der Waals surface area contributed by atoms with Crippen molar-refractivity contribution in [3.05, 3.63) is 198 Å². The molecule has 0 aliphatic carbocycles. The van der Waals surface area contributed by atoms with Gasteiger partial charge in [-0.15, -0.1) is 0 Å². The van der Waals surface area contributed by atoms with Crippen LogP contribution in [-0.2, 0) is 119 Å². The Kier molecular flexibility index (Phi) is 68.3. The molecule has 13 N–H and O–H groups in total. The predicted molar refractivity (Wildman–Crippen MR) is 485 cm³/mol. The molecule has 0 aromatic heterocycles. The van der Waals surface area contributed by atoms with Gasteiger partial charge in [0.1, 0.15) is 72.7 Å². The van der Waals surface area contributed by atoms with E-state index in [9.17, 15) is 95.9 Å². The second-order valence-electron chi connectivity index (χ2n) is 24.8. The van der Waals surface area contributed by atoms with E-state index in [1.807, 2.05) is 0 Å². The Morgan fingerprint density at radius 3 is 0.763 bits per heavy atom. The molecule has 0 aliphatic rings. The van der Waals surface area contributed by atoms with Crippen LogP contribution < -0.4 is 69.1 Å². The summed E-state index contributed by atoms with van der Waals surface area (Å²) in [4.78, 5) is 225. The number of carbonyl (C=O) groups is 20. The molecular weight excluding hydrogens is 1790 g/mol. The number of rotatable bonds is 54. The predicted octanol–water partition coefficient (Wildman–Crippen LogP) is 8.47. The molecule has 0 atom stereocenters. The molecule has 48 nitrogen and oxygen atoms in total. The van der Waals surface area contributed by atoms with Crippen LogP contribution in [0.4, 0.5) is 82.1 Å². The molecule has 0 unspecified atom stereocenters. The first-order chi connectivity index (χ1) is 64.5. The molecule has 736 valence electrons. The lowest BCUT2D eigenvalue weighted by atomic mass is 10.1. The Balaban J connectivity index is 0. The Labute approximate surface area is 776 Å². The van der Waals surface area contributed by atoms with Crippen LogP contribution in [0.3, 0.4) is 0 Å². The summed E-state index contributed by atoms with van der Waals surface area (Å²) in [5, 5.41) is 31.6. The topological polar surface area (TPSA) is 636 Å². The lowest BCUT2D eigenvalue weighted by Crippen LogP contribution is -2.38. The van der Waals surface area contributed by atoms with E-state index in [1.54, 1.807) is 63.2 Å². The number of esters is 5. The van der Waals surface area contributed by atoms with Crippen molar-refractivity contribution in [3.63, 3.8) is 0 Å². The van der Waals surface area contributed by atoms with Crippen molar-refractivity contribution in [1.29, 1.82) is 0 Å². The summed E-state index contributed by atoms with van der Waals surface area (Å²) in [5.41, 5.74) is 4.44. The number of nitrogens with one attached hydrogen (secondary N) is 13. The Bertz CT molecular complexity index is 4220. The van der Waals surface area contributed by atoms with Gasteiger partial charge in [-0.1, -0.05) is 84.0 Å². The normalized spacial score (nSPS) is 9.47. The molecule has 0 saturated carbocycles. The van der Waals surface area contributed by atoms with Crippen molar-refractivity contribution in [2.24, 2.45) is 0 Å². The van der Waals surface area contributed by atoms with Crippen LogP contribution in [0.2, 0.25) is 0 Å². The molecule has 0 radical (unpaired) electrons. The number of ether oxygens (including phenoxy) is 15. The maximum Gasteiger partial charge on any atom is 0.411 e. The molecular formula is C87H113N13O35. The number of aryl methyl sites for hydroxylation is 2. The minimum absolute atomic E-state index is 0.0227. The van der Waals surface area contributed by atoms with Gasteiger partial charge in [-0.3, -0.25) is 55.9 Å². The van der Waals surface area contributed by atoms with Crippen LogP contribution in [0.5, 0.6) is 0 Å². The average molecular weight is 1900 g/mol. The van der Waals surface area contributed by atoms with Crippen molar-refractivity contribution in [1.82, 2.24) is 37.2 Å². The van der Waals surface area contributed by atoms with Gasteiger partial charge in [0, 0.05) is 77.3 Å². The zero-order valence-corrected chi connectivity index (χ0v) is 74.7. The third kappa shape index (κ3) is 67.7. The van der Waals surface area contributed by atoms with E-state index in [0.29, 0.717) is 65.4 Å². The maximum atomic E-state index is 11.8. The van der Waals surface area contributed by atoms with Gasteiger partial charge in [0.05, 0.1) is 59.4 Å². The van der Waals surface area contributed by atoms with Gasteiger partial charge in [0.15, 0.2) is 11.6 Å². The molecule has 0 fully saturated rings. The molecule has 13 amide bonds. The van der Waals surface area contributed by atoms with Crippen molar-refractivity contribution < 1.29 is 167 Å². The molecule has 135 heavy (non-hydrogen) atoms. The van der Waals surface area contributed by atoms with E-state index in [2.05, 4.69) is 159 Å². The monoisotopic (exact) mass is 1900 g/mol. The molecule has 0 spiro atoms. The van der Waals surface area contributed by atoms with E-state index >= 15 is 0 Å². The summed E-state index contributed by atoms with van der Waals surface area (Å²) in [6, 6.07) is 14.5. The highest BCUT2D eigenvalue weighted by Crippen LogP contribution is 2.25. The molecule has 3 aromatic carbocycles. The lowest BCUT2D eigenvalue weighted by Gasteiger charge is -2.14. The van der Waals surface area contributed by atoms with Crippen LogP contribution in [0.25, 0.3) is 0 Å². The Hall–Kier alpha value is -17.1. The summed E-state index contributed by atoms with van der Waals surface area (Å²) in [7, 11) is 0. The van der Waals surface area contributed by atoms with Crippen LogP contribution >= 0.6 is 0 Å². The van der Waals surface area contributed by atoms with E-state index in [4.69, 9.17) is 47.4 Å². The van der Waals surface area contributed by atoms with Gasteiger partial charge in [0.25, 0.3) is 0 Å². The van der Waals surface area contributed by atoms with Crippen molar-refractivity contribution in [2.75, 3.05) is 164 Å². The second-order valence-corrected chi connectivity index (χ2v) is 24.8. The first-order valence-electron chi connectivity index (χ1n) is 40.1. The number of allylic oxidation sites excluding steroid dienone is 2. The largest absolute Gasteiger partial charge is 0.463 e. The third-order valence-corrected chi connectivity index (χ3v) is 14.8. The molecule has 3 rings (SSSR count). The number of benzene rings is 3. The number of anilines is 6. The first kappa shape index (κ1) is 120. The number of alkyl carbamates (subject to hydrolysis) is 4. The number of unbranched alkanes of at least 4 members (excludes halogenated alkanes) is 1. The van der Waals surface area contributed by atoms with Crippen LogP contribution in [0.15, 0.2) is 181 Å². The minimum atomic E-state index is -0.795. The fraction of sp³-hybridized carbons (Fsp3) is 0.333. The zero-order chi connectivity index (χ0) is 101. The molecule has 0 saturated heterocycles. The lowest BCUT2D eigenvalue weighted by molar-refractivity contribution is -0.139. The van der Waals surface area contributed by atoms with E-state index in [-0.39, 0.29) is 174 Å². The maximum absolute atomic E-state index is 11.8. The zero-order valence-electron chi connectivity index (χ0n) is 74.7. The number of hydrogen-bond acceptors (Lipinski definition) is 35. The second kappa shape index (κ2) is 76.9. The van der Waals surface area contributed by atoms with Gasteiger partial charge < -0.3 is 108 Å². The summed E-state index contributed by atoms with van der Waals surface area (Å²) >= 11 is 0. The Morgan fingerprint density at radius 2 is 0.481 bits per heavy atom. The number of ketones is 2. The molecule has 0 bridgehead atoms. The number of amides is 13. The minimum Gasteiger partial charge on any atom is -0.463 e. The molecule has 48 heteroatoms. The quantitative estimate of drug-likeness (QED) is 0.00828. The highest BCUT2D eigenvalue weighted by Gasteiger charge is 2.17. The van der Waals surface area contributed by atoms with Crippen molar-refractivity contribution >= 4 is 154 Å². The van der Waals surface area contributed by atoms with Gasteiger partial charge in [0.2, 0.25) is 17.7 Å². The van der Waals surface area contributed by atoms with Crippen molar-refractivity contribution in [2.45, 2.75) is 59.3 Å². The summed E-state index contributed by atoms with van der Waals surface area (Å²) in [6.07, 6.45) is 5.83. The number of carbonyl (C=O) groups excluding carboxylic acids is 20. The van der Waals surface area contributed by atoms with Crippen molar-refractivity contribution in [3.8, 4) is 0 Å². The summed E-state index contributed by atoms with van der Waals surface area (Å²) in [5.74, 6) is -4.30. The average Bonchev–Trinajstić information content (AvgIpc) is 0.869.